The maximum Gasteiger partial charge on any atom is 0.309 e. The van der Waals surface area contributed by atoms with E-state index in [-0.39, 0.29) is 35.2 Å². The minimum Gasteiger partial charge on any atom is -0.390 e. The Balaban J connectivity index is 2.92. The first-order valence-corrected chi connectivity index (χ1v) is 6.53. The summed E-state index contributed by atoms with van der Waals surface area (Å²) < 4.78 is 0. The maximum atomic E-state index is 10.9. The number of nitrogens with one attached hydrogen (secondary N) is 1. The molecule has 9 heteroatoms. The van der Waals surface area contributed by atoms with Gasteiger partial charge in [0.05, 0.1) is 11.0 Å². The molecule has 0 aliphatic rings. The van der Waals surface area contributed by atoms with Gasteiger partial charge in [-0.25, -0.2) is 4.98 Å². The van der Waals surface area contributed by atoms with Crippen LogP contribution in [-0.2, 0) is 4.79 Å². The van der Waals surface area contributed by atoms with Gasteiger partial charge in [-0.15, -0.1) is 0 Å². The van der Waals surface area contributed by atoms with Crippen molar-refractivity contribution in [2.75, 3.05) is 6.54 Å². The Morgan fingerprint density at radius 3 is 2.71 bits per heavy atom. The molecule has 1 amide bonds. The molecular formula is C12H16ClN3O5. The van der Waals surface area contributed by atoms with Crippen LogP contribution in [0.15, 0.2) is 6.20 Å². The topological polar surface area (TPSA) is 126 Å². The summed E-state index contributed by atoms with van der Waals surface area (Å²) in [6, 6.07) is 0. The van der Waals surface area contributed by atoms with E-state index < -0.39 is 22.8 Å². The SMILES string of the molecule is CC(=O)NCCC(O)C(O)c1cnc(Cl)c([N+](=O)[O-])c1C. The van der Waals surface area contributed by atoms with Crippen LogP contribution >= 0.6 is 11.6 Å². The van der Waals surface area contributed by atoms with Crippen LogP contribution in [0.2, 0.25) is 5.15 Å². The Morgan fingerprint density at radius 1 is 1.57 bits per heavy atom. The lowest BCUT2D eigenvalue weighted by molar-refractivity contribution is -0.385. The number of hydrogen-bond acceptors (Lipinski definition) is 6. The molecule has 0 bridgehead atoms. The van der Waals surface area contributed by atoms with E-state index >= 15 is 0 Å². The molecule has 0 aliphatic heterocycles. The molecule has 1 rings (SSSR count). The Hall–Kier alpha value is -1.77. The Bertz CT molecular complexity index is 552. The Kier molecular flexibility index (Phi) is 6.01. The minimum absolute atomic E-state index is 0.0939. The van der Waals surface area contributed by atoms with Crippen LogP contribution in [-0.4, -0.2) is 38.7 Å². The van der Waals surface area contributed by atoms with Crippen molar-refractivity contribution < 1.29 is 19.9 Å². The highest BCUT2D eigenvalue weighted by molar-refractivity contribution is 6.31. The second-order valence-electron chi connectivity index (χ2n) is 4.52. The van der Waals surface area contributed by atoms with Gasteiger partial charge in [0.2, 0.25) is 11.1 Å². The molecule has 2 atom stereocenters. The van der Waals surface area contributed by atoms with Crippen LogP contribution in [0.4, 0.5) is 5.69 Å². The average molecular weight is 318 g/mol. The molecule has 1 aromatic rings. The monoisotopic (exact) mass is 317 g/mol. The van der Waals surface area contributed by atoms with Crippen molar-refractivity contribution in [2.24, 2.45) is 0 Å². The molecule has 0 saturated carbocycles. The molecular weight excluding hydrogens is 302 g/mol. The van der Waals surface area contributed by atoms with Gasteiger partial charge in [0.15, 0.2) is 0 Å². The number of pyridine rings is 1. The van der Waals surface area contributed by atoms with E-state index in [2.05, 4.69) is 10.3 Å². The van der Waals surface area contributed by atoms with Gasteiger partial charge in [-0.3, -0.25) is 14.9 Å². The van der Waals surface area contributed by atoms with Gasteiger partial charge in [-0.05, 0) is 13.3 Å². The van der Waals surface area contributed by atoms with Crippen LogP contribution in [0.25, 0.3) is 0 Å². The van der Waals surface area contributed by atoms with E-state index in [1.165, 1.54) is 20.0 Å². The van der Waals surface area contributed by atoms with Crippen molar-refractivity contribution in [1.82, 2.24) is 10.3 Å². The van der Waals surface area contributed by atoms with Crippen LogP contribution in [0.1, 0.15) is 30.6 Å². The smallest absolute Gasteiger partial charge is 0.309 e. The summed E-state index contributed by atoms with van der Waals surface area (Å²) >= 11 is 5.65. The molecule has 116 valence electrons. The van der Waals surface area contributed by atoms with Gasteiger partial charge in [0.1, 0.15) is 6.10 Å². The van der Waals surface area contributed by atoms with Crippen molar-refractivity contribution in [3.8, 4) is 0 Å². The number of aliphatic hydroxyl groups is 2. The highest BCUT2D eigenvalue weighted by Gasteiger charge is 2.27. The molecule has 3 N–H and O–H groups in total. The molecule has 2 unspecified atom stereocenters. The summed E-state index contributed by atoms with van der Waals surface area (Å²) in [6.45, 7) is 2.93. The number of rotatable bonds is 6. The van der Waals surface area contributed by atoms with Crippen LogP contribution in [0, 0.1) is 17.0 Å². The molecule has 0 spiro atoms. The quantitative estimate of drug-likeness (QED) is 0.406. The Labute approximate surface area is 125 Å². The third-order valence-electron chi connectivity index (χ3n) is 2.98. The zero-order valence-electron chi connectivity index (χ0n) is 11.5. The predicted octanol–water partition coefficient (Wildman–Crippen LogP) is 0.872. The summed E-state index contributed by atoms with van der Waals surface area (Å²) in [5, 5.41) is 33.1. The van der Waals surface area contributed by atoms with Gasteiger partial charge in [-0.2, -0.15) is 0 Å². The van der Waals surface area contributed by atoms with Crippen molar-refractivity contribution >= 4 is 23.2 Å². The minimum atomic E-state index is -1.36. The fourth-order valence-electron chi connectivity index (χ4n) is 1.85. The first-order chi connectivity index (χ1) is 9.75. The molecule has 8 nitrogen and oxygen atoms in total. The summed E-state index contributed by atoms with van der Waals surface area (Å²) in [7, 11) is 0. The maximum absolute atomic E-state index is 10.9. The second kappa shape index (κ2) is 7.30. The number of aromatic nitrogens is 1. The molecule has 0 aliphatic carbocycles. The molecule has 1 aromatic heterocycles. The van der Waals surface area contributed by atoms with Crippen LogP contribution in [0.5, 0.6) is 0 Å². The number of carbonyl (C=O) groups excluding carboxylic acids is 1. The largest absolute Gasteiger partial charge is 0.390 e. The van der Waals surface area contributed by atoms with Crippen molar-refractivity contribution in [2.45, 2.75) is 32.5 Å². The van der Waals surface area contributed by atoms with Gasteiger partial charge in [0, 0.05) is 30.8 Å². The zero-order valence-corrected chi connectivity index (χ0v) is 12.3. The van der Waals surface area contributed by atoms with Gasteiger partial charge in [0.25, 0.3) is 0 Å². The van der Waals surface area contributed by atoms with Crippen molar-refractivity contribution in [3.05, 3.63) is 32.6 Å². The van der Waals surface area contributed by atoms with Crippen LogP contribution in [0.3, 0.4) is 0 Å². The van der Waals surface area contributed by atoms with E-state index in [0.29, 0.717) is 0 Å². The lowest BCUT2D eigenvalue weighted by Crippen LogP contribution is -2.28. The fourth-order valence-corrected chi connectivity index (χ4v) is 2.11. The van der Waals surface area contributed by atoms with Crippen molar-refractivity contribution in [1.29, 1.82) is 0 Å². The zero-order chi connectivity index (χ0) is 16.2. The van der Waals surface area contributed by atoms with Gasteiger partial charge in [-0.1, -0.05) is 11.6 Å². The molecule has 0 saturated heterocycles. The lowest BCUT2D eigenvalue weighted by atomic mass is 9.99. The summed E-state index contributed by atoms with van der Waals surface area (Å²) in [5.41, 5.74) is -0.130. The predicted molar refractivity (Wildman–Crippen MR) is 74.9 cm³/mol. The van der Waals surface area contributed by atoms with E-state index in [4.69, 9.17) is 11.6 Å². The molecule has 0 aromatic carbocycles. The first kappa shape index (κ1) is 17.3. The van der Waals surface area contributed by atoms with E-state index in [0.717, 1.165) is 0 Å². The van der Waals surface area contributed by atoms with Crippen LogP contribution < -0.4 is 5.32 Å². The summed E-state index contributed by atoms with van der Waals surface area (Å²) in [6.07, 6.45) is -1.27. The molecule has 0 radical (unpaired) electrons. The lowest BCUT2D eigenvalue weighted by Gasteiger charge is -2.19. The van der Waals surface area contributed by atoms with E-state index in [1.54, 1.807) is 0 Å². The molecule has 1 heterocycles. The number of amides is 1. The standard InChI is InChI=1S/C12H16ClN3O5/c1-6-8(5-15-12(13)10(6)16(20)21)11(19)9(18)3-4-14-7(2)17/h5,9,11,18-19H,3-4H2,1-2H3,(H,14,17). The normalized spacial score (nSPS) is 13.6. The van der Waals surface area contributed by atoms with E-state index in [9.17, 15) is 25.1 Å². The number of hydrogen-bond donors (Lipinski definition) is 3. The number of aliphatic hydroxyl groups excluding tert-OH is 2. The first-order valence-electron chi connectivity index (χ1n) is 6.15. The number of carbonyl (C=O) groups is 1. The third-order valence-corrected chi connectivity index (χ3v) is 3.26. The number of nitrogens with zero attached hydrogens (tertiary/aromatic N) is 2. The summed E-state index contributed by atoms with van der Waals surface area (Å²) in [4.78, 5) is 24.6. The van der Waals surface area contributed by atoms with Gasteiger partial charge >= 0.3 is 5.69 Å². The number of nitro groups is 1. The average Bonchev–Trinajstić information content (AvgIpc) is 2.37. The highest BCUT2D eigenvalue weighted by Crippen LogP contribution is 2.32. The Morgan fingerprint density at radius 2 is 2.19 bits per heavy atom. The highest BCUT2D eigenvalue weighted by atomic mass is 35.5. The molecule has 21 heavy (non-hydrogen) atoms. The fraction of sp³-hybridized carbons (Fsp3) is 0.500. The van der Waals surface area contributed by atoms with E-state index in [1.807, 2.05) is 0 Å². The number of halogens is 1. The summed E-state index contributed by atoms with van der Waals surface area (Å²) in [5.74, 6) is -0.253. The third kappa shape index (κ3) is 4.35. The van der Waals surface area contributed by atoms with Crippen molar-refractivity contribution in [3.63, 3.8) is 0 Å². The molecule has 0 fully saturated rings. The van der Waals surface area contributed by atoms with Gasteiger partial charge < -0.3 is 15.5 Å². The second-order valence-corrected chi connectivity index (χ2v) is 4.88.